The maximum atomic E-state index is 12.4. The van der Waals surface area contributed by atoms with Gasteiger partial charge in [-0.15, -0.1) is 13.2 Å². The lowest BCUT2D eigenvalue weighted by Crippen LogP contribution is -2.20. The fourth-order valence-electron chi connectivity index (χ4n) is 1.58. The molecule has 0 unspecified atom stereocenters. The molecule has 8 nitrogen and oxygen atoms in total. The van der Waals surface area contributed by atoms with Crippen LogP contribution in [0, 0.1) is 10.1 Å². The summed E-state index contributed by atoms with van der Waals surface area (Å²) < 4.78 is 50.1. The number of nitrogens with zero attached hydrogens (tertiary/aromatic N) is 2. The minimum atomic E-state index is -5.06. The normalized spacial score (nSPS) is 11.0. The quantitative estimate of drug-likeness (QED) is 0.448. The van der Waals surface area contributed by atoms with Crippen molar-refractivity contribution in [3.05, 3.63) is 21.9 Å². The van der Waals surface area contributed by atoms with Crippen LogP contribution in [-0.4, -0.2) is 36.0 Å². The molecule has 1 aromatic heterocycles. The van der Waals surface area contributed by atoms with Gasteiger partial charge in [0.05, 0.1) is 25.7 Å². The van der Waals surface area contributed by atoms with Gasteiger partial charge in [0.25, 0.3) is 0 Å². The molecule has 0 saturated heterocycles. The van der Waals surface area contributed by atoms with Gasteiger partial charge in [0, 0.05) is 0 Å². The van der Waals surface area contributed by atoms with Gasteiger partial charge < -0.3 is 24.3 Å². The van der Waals surface area contributed by atoms with Gasteiger partial charge in [0.1, 0.15) is 0 Å². The molecule has 122 valence electrons. The summed E-state index contributed by atoms with van der Waals surface area (Å²) >= 11 is 0. The first-order valence-corrected chi connectivity index (χ1v) is 5.81. The van der Waals surface area contributed by atoms with Crippen LogP contribution < -0.4 is 9.47 Å². The molecule has 1 heterocycles. The van der Waals surface area contributed by atoms with Crippen molar-refractivity contribution in [1.82, 2.24) is 4.98 Å². The van der Waals surface area contributed by atoms with Crippen LogP contribution in [0.15, 0.2) is 6.20 Å². The topological polar surface area (TPSA) is 101 Å². The van der Waals surface area contributed by atoms with E-state index in [2.05, 4.69) is 14.5 Å². The van der Waals surface area contributed by atoms with Crippen molar-refractivity contribution < 1.29 is 37.1 Å². The number of carbonyl (C=O) groups excluding carboxylic acids is 1. The average Bonchev–Trinajstić information content (AvgIpc) is 2.38. The lowest BCUT2D eigenvalue weighted by Gasteiger charge is -2.14. The Bertz CT molecular complexity index is 576. The molecule has 0 radical (unpaired) electrons. The van der Waals surface area contributed by atoms with E-state index >= 15 is 0 Å². The molecule has 0 fully saturated rings. The first-order valence-electron chi connectivity index (χ1n) is 5.81. The third-order valence-corrected chi connectivity index (χ3v) is 2.31. The Labute approximate surface area is 121 Å². The lowest BCUT2D eigenvalue weighted by atomic mass is 10.1. The van der Waals surface area contributed by atoms with Crippen molar-refractivity contribution in [3.8, 4) is 11.5 Å². The van der Waals surface area contributed by atoms with Crippen LogP contribution in [0.25, 0.3) is 0 Å². The first kappa shape index (κ1) is 17.5. The van der Waals surface area contributed by atoms with Crippen molar-refractivity contribution in [2.45, 2.75) is 19.7 Å². The van der Waals surface area contributed by atoms with Crippen molar-refractivity contribution in [3.63, 3.8) is 0 Å². The second-order valence-electron chi connectivity index (χ2n) is 3.74. The summed E-state index contributed by atoms with van der Waals surface area (Å²) in [7, 11) is 0.996. The van der Waals surface area contributed by atoms with Crippen molar-refractivity contribution >= 4 is 11.8 Å². The third-order valence-electron chi connectivity index (χ3n) is 2.31. The molecule has 0 atom stereocenters. The Morgan fingerprint density at radius 3 is 2.55 bits per heavy atom. The van der Waals surface area contributed by atoms with Gasteiger partial charge in [-0.2, -0.15) is 0 Å². The van der Waals surface area contributed by atoms with E-state index in [-0.39, 0.29) is 6.61 Å². The van der Waals surface area contributed by atoms with Crippen LogP contribution in [0.3, 0.4) is 0 Å². The lowest BCUT2D eigenvalue weighted by molar-refractivity contribution is -0.390. The minimum Gasteiger partial charge on any atom is -0.489 e. The van der Waals surface area contributed by atoms with E-state index in [9.17, 15) is 28.1 Å². The van der Waals surface area contributed by atoms with Crippen LogP contribution in [0.2, 0.25) is 0 Å². The molecular weight excluding hydrogens is 313 g/mol. The molecule has 0 aliphatic carbocycles. The van der Waals surface area contributed by atoms with Gasteiger partial charge in [0.2, 0.25) is 5.75 Å². The molecule has 0 aliphatic heterocycles. The third kappa shape index (κ3) is 4.46. The second-order valence-corrected chi connectivity index (χ2v) is 3.74. The second kappa shape index (κ2) is 6.91. The van der Waals surface area contributed by atoms with Crippen LogP contribution >= 0.6 is 0 Å². The standard InChI is InChI=1S/C11H11F3N2O6/c1-3-21-8(17)4-6-7(22-11(12,13)14)5-15-10(16(18)19)9(6)20-2/h5H,3-4H2,1-2H3. The van der Waals surface area contributed by atoms with Gasteiger partial charge >= 0.3 is 18.1 Å². The predicted molar refractivity (Wildman–Crippen MR) is 64.5 cm³/mol. The van der Waals surface area contributed by atoms with Gasteiger partial charge in [0.15, 0.2) is 11.9 Å². The molecule has 0 aliphatic rings. The monoisotopic (exact) mass is 324 g/mol. The number of alkyl halides is 3. The van der Waals surface area contributed by atoms with Gasteiger partial charge in [-0.25, -0.2) is 0 Å². The van der Waals surface area contributed by atoms with Gasteiger partial charge in [-0.1, -0.05) is 0 Å². The van der Waals surface area contributed by atoms with Crippen LogP contribution in [0.5, 0.6) is 11.5 Å². The highest BCUT2D eigenvalue weighted by molar-refractivity contribution is 5.75. The molecule has 22 heavy (non-hydrogen) atoms. The molecule has 0 bridgehead atoms. The summed E-state index contributed by atoms with van der Waals surface area (Å²) in [6.07, 6.45) is -5.26. The SMILES string of the molecule is CCOC(=O)Cc1c(OC(F)(F)F)cnc([N+](=O)[O-])c1OC. The number of methoxy groups -OCH3 is 1. The molecule has 1 rings (SSSR count). The number of esters is 1. The van der Waals surface area contributed by atoms with Crippen molar-refractivity contribution in [1.29, 1.82) is 0 Å². The molecule has 0 N–H and O–H groups in total. The van der Waals surface area contributed by atoms with E-state index in [1.165, 1.54) is 6.92 Å². The Balaban J connectivity index is 3.37. The highest BCUT2D eigenvalue weighted by Crippen LogP contribution is 2.37. The highest BCUT2D eigenvalue weighted by Gasteiger charge is 2.36. The number of nitro groups is 1. The van der Waals surface area contributed by atoms with Gasteiger partial charge in [-0.3, -0.25) is 4.79 Å². The summed E-state index contributed by atoms with van der Waals surface area (Å²) in [6.45, 7) is 1.49. The summed E-state index contributed by atoms with van der Waals surface area (Å²) in [6, 6.07) is 0. The zero-order chi connectivity index (χ0) is 16.9. The Kier molecular flexibility index (Phi) is 5.49. The summed E-state index contributed by atoms with van der Waals surface area (Å²) in [5, 5.41) is 10.8. The fraction of sp³-hybridized carbons (Fsp3) is 0.455. The van der Waals surface area contributed by atoms with E-state index in [4.69, 9.17) is 4.74 Å². The zero-order valence-corrected chi connectivity index (χ0v) is 11.5. The van der Waals surface area contributed by atoms with E-state index in [1.54, 1.807) is 0 Å². The number of hydrogen-bond acceptors (Lipinski definition) is 7. The number of rotatable bonds is 6. The molecular formula is C11H11F3N2O6. The smallest absolute Gasteiger partial charge is 0.489 e. The van der Waals surface area contributed by atoms with Crippen molar-refractivity contribution in [2.24, 2.45) is 0 Å². The number of aromatic nitrogens is 1. The number of halogens is 3. The van der Waals surface area contributed by atoms with E-state index in [0.717, 1.165) is 7.11 Å². The maximum Gasteiger partial charge on any atom is 0.573 e. The van der Waals surface area contributed by atoms with Gasteiger partial charge in [-0.05, 0) is 16.8 Å². The molecule has 11 heteroatoms. The molecule has 1 aromatic rings. The van der Waals surface area contributed by atoms with Crippen LogP contribution in [0.1, 0.15) is 12.5 Å². The number of pyridine rings is 1. The minimum absolute atomic E-state index is 0.0101. The van der Waals surface area contributed by atoms with Crippen LogP contribution in [0.4, 0.5) is 19.0 Å². The fourth-order valence-corrected chi connectivity index (χ4v) is 1.58. The molecule has 0 aromatic carbocycles. The zero-order valence-electron chi connectivity index (χ0n) is 11.5. The Hall–Kier alpha value is -2.59. The number of carbonyl (C=O) groups is 1. The highest BCUT2D eigenvalue weighted by atomic mass is 19.4. The molecule has 0 spiro atoms. The summed E-state index contributed by atoms with van der Waals surface area (Å²) in [5.74, 6) is -3.20. The summed E-state index contributed by atoms with van der Waals surface area (Å²) in [5.41, 5.74) is -0.472. The largest absolute Gasteiger partial charge is 0.573 e. The van der Waals surface area contributed by atoms with E-state index in [0.29, 0.717) is 6.20 Å². The molecule has 0 amide bonds. The number of ether oxygens (including phenoxy) is 3. The van der Waals surface area contributed by atoms with Crippen LogP contribution in [-0.2, 0) is 16.0 Å². The van der Waals surface area contributed by atoms with E-state index in [1.807, 2.05) is 0 Å². The first-order chi connectivity index (χ1) is 10.2. The summed E-state index contributed by atoms with van der Waals surface area (Å²) in [4.78, 5) is 24.6. The Morgan fingerprint density at radius 1 is 1.45 bits per heavy atom. The molecule has 0 saturated carbocycles. The van der Waals surface area contributed by atoms with E-state index < -0.39 is 46.6 Å². The number of hydrogen-bond donors (Lipinski definition) is 0. The van der Waals surface area contributed by atoms with Crippen molar-refractivity contribution in [2.75, 3.05) is 13.7 Å². The predicted octanol–water partition coefficient (Wildman–Crippen LogP) is 2.00. The Morgan fingerprint density at radius 2 is 2.09 bits per heavy atom. The maximum absolute atomic E-state index is 12.4. The average molecular weight is 324 g/mol.